The van der Waals surface area contributed by atoms with Gasteiger partial charge in [0.25, 0.3) is 0 Å². The largest absolute Gasteiger partial charge is 0.387 e. The number of rotatable bonds is 6. The average Bonchev–Trinajstić information content (AvgIpc) is 3.10. The molecule has 1 aromatic rings. The maximum atomic E-state index is 10.5. The molecule has 0 aliphatic carbocycles. The van der Waals surface area contributed by atoms with E-state index in [1.165, 1.54) is 5.56 Å². The molecule has 1 aliphatic heterocycles. The van der Waals surface area contributed by atoms with E-state index in [0.717, 1.165) is 42.7 Å². The summed E-state index contributed by atoms with van der Waals surface area (Å²) in [5.74, 6) is 3.03. The van der Waals surface area contributed by atoms with Gasteiger partial charge in [-0.2, -0.15) is 16.9 Å². The van der Waals surface area contributed by atoms with E-state index in [4.69, 9.17) is 0 Å². The predicted molar refractivity (Wildman–Crippen MR) is 117 cm³/mol. The Morgan fingerprint density at radius 2 is 2.28 bits per heavy atom. The summed E-state index contributed by atoms with van der Waals surface area (Å²) < 4.78 is 1.88. The summed E-state index contributed by atoms with van der Waals surface area (Å²) in [6.07, 6.45) is 2.90. The molecule has 0 amide bonds. The number of nitrogens with one attached hydrogen (secondary N) is 1. The Bertz CT molecular complexity index is 569. The van der Waals surface area contributed by atoms with Gasteiger partial charge in [-0.15, -0.1) is 24.0 Å². The highest BCUT2D eigenvalue weighted by molar-refractivity contribution is 14.0. The lowest BCUT2D eigenvalue weighted by Crippen LogP contribution is -2.41. The quantitative estimate of drug-likeness (QED) is 0.371. The first-order valence-electron chi connectivity index (χ1n) is 8.66. The zero-order valence-electron chi connectivity index (χ0n) is 15.9. The Balaban J connectivity index is 0.00000312. The van der Waals surface area contributed by atoms with E-state index in [1.54, 1.807) is 11.8 Å². The van der Waals surface area contributed by atoms with E-state index in [1.807, 2.05) is 18.8 Å². The molecule has 0 spiro atoms. The molecular weight excluding hydrogens is 449 g/mol. The summed E-state index contributed by atoms with van der Waals surface area (Å²) in [6.45, 7) is 8.40. The molecule has 1 aliphatic rings. The van der Waals surface area contributed by atoms with Crippen molar-refractivity contribution in [2.45, 2.75) is 45.3 Å². The summed E-state index contributed by atoms with van der Waals surface area (Å²) in [5, 5.41) is 18.4. The summed E-state index contributed by atoms with van der Waals surface area (Å²) in [4.78, 5) is 6.79. The Kier molecular flexibility index (Phi) is 9.03. The highest BCUT2D eigenvalue weighted by Gasteiger charge is 2.31. The van der Waals surface area contributed by atoms with Crippen molar-refractivity contribution in [1.29, 1.82) is 0 Å². The first-order valence-corrected chi connectivity index (χ1v) is 9.82. The number of aromatic nitrogens is 2. The molecule has 2 rings (SSSR count). The molecule has 6 nitrogen and oxygen atoms in total. The Labute approximate surface area is 172 Å². The van der Waals surface area contributed by atoms with Gasteiger partial charge in [-0.05, 0) is 25.0 Å². The molecule has 1 saturated heterocycles. The van der Waals surface area contributed by atoms with E-state index in [0.29, 0.717) is 12.5 Å². The van der Waals surface area contributed by atoms with Gasteiger partial charge in [0, 0.05) is 44.7 Å². The fourth-order valence-electron chi connectivity index (χ4n) is 2.91. The van der Waals surface area contributed by atoms with E-state index in [2.05, 4.69) is 47.3 Å². The van der Waals surface area contributed by atoms with Crippen LogP contribution in [0.2, 0.25) is 0 Å². The number of nitrogens with zero attached hydrogens (tertiary/aromatic N) is 4. The molecule has 1 atom stereocenters. The van der Waals surface area contributed by atoms with Crippen LogP contribution in [0.5, 0.6) is 0 Å². The molecule has 25 heavy (non-hydrogen) atoms. The lowest BCUT2D eigenvalue weighted by atomic mass is 10.0. The maximum absolute atomic E-state index is 10.5. The maximum Gasteiger partial charge on any atom is 0.194 e. The van der Waals surface area contributed by atoms with Crippen molar-refractivity contribution < 1.29 is 5.11 Å². The lowest BCUT2D eigenvalue weighted by Gasteiger charge is -2.25. The molecule has 144 valence electrons. The SMILES string of the molecule is CCNC(=NCC1(O)CCSC1)N(C)Cc1cn(C)nc1C(C)C.I. The van der Waals surface area contributed by atoms with Crippen LogP contribution < -0.4 is 5.32 Å². The van der Waals surface area contributed by atoms with Crippen molar-refractivity contribution in [2.75, 3.05) is 31.6 Å². The van der Waals surface area contributed by atoms with Crippen LogP contribution in [-0.2, 0) is 13.6 Å². The molecule has 8 heteroatoms. The highest BCUT2D eigenvalue weighted by Crippen LogP contribution is 2.28. The number of guanidine groups is 1. The fourth-order valence-corrected chi connectivity index (χ4v) is 4.19. The number of thioether (sulfide) groups is 1. The van der Waals surface area contributed by atoms with Crippen LogP contribution in [0.1, 0.15) is 44.4 Å². The number of hydrogen-bond acceptors (Lipinski definition) is 4. The monoisotopic (exact) mass is 481 g/mol. The molecular formula is C17H32IN5OS. The normalized spacial score (nSPS) is 20.7. The minimum Gasteiger partial charge on any atom is -0.387 e. The van der Waals surface area contributed by atoms with Crippen molar-refractivity contribution in [3.05, 3.63) is 17.5 Å². The third-order valence-electron chi connectivity index (χ3n) is 4.19. The summed E-state index contributed by atoms with van der Waals surface area (Å²) in [6, 6.07) is 0. The zero-order valence-corrected chi connectivity index (χ0v) is 19.1. The Morgan fingerprint density at radius 3 is 2.84 bits per heavy atom. The number of halogens is 1. The number of aliphatic hydroxyl groups is 1. The van der Waals surface area contributed by atoms with Crippen LogP contribution >= 0.6 is 35.7 Å². The Hall–Kier alpha value is -0.480. The van der Waals surface area contributed by atoms with Gasteiger partial charge in [0.2, 0.25) is 0 Å². The summed E-state index contributed by atoms with van der Waals surface area (Å²) >= 11 is 1.80. The summed E-state index contributed by atoms with van der Waals surface area (Å²) in [7, 11) is 3.99. The van der Waals surface area contributed by atoms with Gasteiger partial charge in [-0.1, -0.05) is 13.8 Å². The van der Waals surface area contributed by atoms with E-state index >= 15 is 0 Å². The van der Waals surface area contributed by atoms with E-state index in [9.17, 15) is 5.11 Å². The Morgan fingerprint density at radius 1 is 1.56 bits per heavy atom. The second-order valence-electron chi connectivity index (χ2n) is 6.92. The minimum atomic E-state index is -0.649. The van der Waals surface area contributed by atoms with Crippen molar-refractivity contribution in [1.82, 2.24) is 20.0 Å². The third-order valence-corrected chi connectivity index (χ3v) is 5.43. The van der Waals surface area contributed by atoms with Gasteiger partial charge >= 0.3 is 0 Å². The van der Waals surface area contributed by atoms with Gasteiger partial charge < -0.3 is 15.3 Å². The lowest BCUT2D eigenvalue weighted by molar-refractivity contribution is 0.0776. The number of aryl methyl sites for hydroxylation is 1. The molecule has 2 N–H and O–H groups in total. The van der Waals surface area contributed by atoms with Gasteiger partial charge in [-0.3, -0.25) is 9.67 Å². The summed E-state index contributed by atoms with van der Waals surface area (Å²) in [5.41, 5.74) is 1.70. The number of aliphatic imine (C=N–C) groups is 1. The second kappa shape index (κ2) is 10.0. The zero-order chi connectivity index (χ0) is 17.7. The average molecular weight is 481 g/mol. The highest BCUT2D eigenvalue weighted by atomic mass is 127. The molecule has 0 aromatic carbocycles. The smallest absolute Gasteiger partial charge is 0.194 e. The van der Waals surface area contributed by atoms with Crippen molar-refractivity contribution in [3.8, 4) is 0 Å². The van der Waals surface area contributed by atoms with Crippen LogP contribution in [0.15, 0.2) is 11.2 Å². The van der Waals surface area contributed by atoms with Gasteiger partial charge in [0.1, 0.15) is 0 Å². The van der Waals surface area contributed by atoms with Gasteiger partial charge in [0.15, 0.2) is 5.96 Å². The van der Waals surface area contributed by atoms with Crippen LogP contribution in [-0.4, -0.2) is 63.0 Å². The molecule has 1 aromatic heterocycles. The van der Waals surface area contributed by atoms with E-state index < -0.39 is 5.60 Å². The topological polar surface area (TPSA) is 65.7 Å². The van der Waals surface area contributed by atoms with Gasteiger partial charge in [-0.25, -0.2) is 0 Å². The first kappa shape index (κ1) is 22.6. The van der Waals surface area contributed by atoms with Crippen LogP contribution in [0.25, 0.3) is 0 Å². The molecule has 0 saturated carbocycles. The second-order valence-corrected chi connectivity index (χ2v) is 8.03. The molecule has 0 radical (unpaired) electrons. The van der Waals surface area contributed by atoms with Crippen molar-refractivity contribution in [2.24, 2.45) is 12.0 Å². The van der Waals surface area contributed by atoms with Crippen molar-refractivity contribution in [3.63, 3.8) is 0 Å². The molecule has 2 heterocycles. The molecule has 1 unspecified atom stereocenters. The van der Waals surface area contributed by atoms with Crippen molar-refractivity contribution >= 4 is 41.7 Å². The van der Waals surface area contributed by atoms with Crippen LogP contribution in [0, 0.1) is 0 Å². The predicted octanol–water partition coefficient (Wildman–Crippen LogP) is 2.43. The first-order chi connectivity index (χ1) is 11.3. The molecule has 0 bridgehead atoms. The van der Waals surface area contributed by atoms with E-state index in [-0.39, 0.29) is 24.0 Å². The fraction of sp³-hybridized carbons (Fsp3) is 0.765. The van der Waals surface area contributed by atoms with Crippen LogP contribution in [0.4, 0.5) is 0 Å². The molecule has 1 fully saturated rings. The standard InChI is InChI=1S/C17H31N5OS.HI/c1-6-18-16(19-11-17(23)7-8-24-12-17)21(4)9-14-10-22(5)20-15(14)13(2)3;/h10,13,23H,6-9,11-12H2,1-5H3,(H,18,19);1H. The third kappa shape index (κ3) is 6.32. The van der Waals surface area contributed by atoms with Crippen LogP contribution in [0.3, 0.4) is 0 Å². The van der Waals surface area contributed by atoms with Gasteiger partial charge in [0.05, 0.1) is 17.8 Å². The number of hydrogen-bond donors (Lipinski definition) is 2. The minimum absolute atomic E-state index is 0.